The highest BCUT2D eigenvalue weighted by atomic mass is 16.7. The molecule has 0 N–H and O–H groups in total. The van der Waals surface area contributed by atoms with E-state index in [-0.39, 0.29) is 5.79 Å². The minimum atomic E-state index is -0.183. The molecule has 1 aliphatic carbocycles. The molecule has 2 aliphatic rings. The van der Waals surface area contributed by atoms with Crippen LogP contribution in [0.3, 0.4) is 0 Å². The van der Waals surface area contributed by atoms with E-state index in [4.69, 9.17) is 9.47 Å². The van der Waals surface area contributed by atoms with E-state index >= 15 is 0 Å². The second-order valence-electron chi connectivity index (χ2n) is 4.79. The Morgan fingerprint density at radius 2 is 2.13 bits per heavy atom. The fourth-order valence-corrected chi connectivity index (χ4v) is 2.86. The molecule has 1 aliphatic heterocycles. The van der Waals surface area contributed by atoms with Crippen molar-refractivity contribution < 1.29 is 9.47 Å². The Morgan fingerprint density at radius 3 is 2.87 bits per heavy atom. The number of rotatable bonds is 4. The molecule has 0 aromatic carbocycles. The van der Waals surface area contributed by atoms with Crippen LogP contribution in [0, 0.1) is 5.92 Å². The van der Waals surface area contributed by atoms with Crippen molar-refractivity contribution in [1.82, 2.24) is 0 Å². The van der Waals surface area contributed by atoms with Crippen molar-refractivity contribution in [3.63, 3.8) is 0 Å². The van der Waals surface area contributed by atoms with Gasteiger partial charge in [-0.05, 0) is 31.6 Å². The molecule has 0 aromatic rings. The topological polar surface area (TPSA) is 18.5 Å². The third-order valence-corrected chi connectivity index (χ3v) is 3.60. The average molecular weight is 210 g/mol. The minimum Gasteiger partial charge on any atom is -0.348 e. The van der Waals surface area contributed by atoms with Crippen LogP contribution in [0.4, 0.5) is 0 Å². The van der Waals surface area contributed by atoms with E-state index < -0.39 is 0 Å². The molecule has 1 saturated heterocycles. The van der Waals surface area contributed by atoms with Gasteiger partial charge in [-0.25, -0.2) is 0 Å². The molecule has 2 fully saturated rings. The number of unbranched alkanes of at least 4 members (excludes halogenated alkanes) is 1. The molecule has 2 nitrogen and oxygen atoms in total. The lowest BCUT2D eigenvalue weighted by Crippen LogP contribution is -2.36. The van der Waals surface area contributed by atoms with Gasteiger partial charge in [0, 0.05) is 12.8 Å². The van der Waals surface area contributed by atoms with Crippen molar-refractivity contribution in [2.75, 3.05) is 13.2 Å². The van der Waals surface area contributed by atoms with Gasteiger partial charge in [0.2, 0.25) is 0 Å². The molecule has 0 radical (unpaired) electrons. The minimum absolute atomic E-state index is 0.183. The zero-order chi connectivity index (χ0) is 10.6. The van der Waals surface area contributed by atoms with Crippen molar-refractivity contribution >= 4 is 0 Å². The van der Waals surface area contributed by atoms with Gasteiger partial charge < -0.3 is 9.47 Å². The fourth-order valence-electron chi connectivity index (χ4n) is 2.86. The lowest BCUT2D eigenvalue weighted by atomic mass is 9.82. The number of hydrogen-bond acceptors (Lipinski definition) is 2. The summed E-state index contributed by atoms with van der Waals surface area (Å²) in [5.41, 5.74) is 0. The van der Waals surface area contributed by atoms with Gasteiger partial charge in [0.25, 0.3) is 0 Å². The molecule has 1 saturated carbocycles. The Morgan fingerprint density at radius 1 is 1.33 bits per heavy atom. The lowest BCUT2D eigenvalue weighted by Gasteiger charge is -2.36. The van der Waals surface area contributed by atoms with Crippen molar-refractivity contribution in [2.24, 2.45) is 5.92 Å². The van der Waals surface area contributed by atoms with Crippen LogP contribution in [0.1, 0.15) is 44.9 Å². The summed E-state index contributed by atoms with van der Waals surface area (Å²) in [6, 6.07) is 0. The largest absolute Gasteiger partial charge is 0.348 e. The molecule has 2 heteroatoms. The van der Waals surface area contributed by atoms with Crippen LogP contribution < -0.4 is 0 Å². The highest BCUT2D eigenvalue weighted by molar-refractivity contribution is 4.83. The zero-order valence-corrected chi connectivity index (χ0v) is 9.54. The molecule has 0 aromatic heterocycles. The Bertz CT molecular complexity index is 207. The Hall–Kier alpha value is -0.340. The standard InChI is InChI=1S/C13H22O2/c1-2-3-4-6-12-7-5-8-13(11-12)14-9-10-15-13/h2,12H,1,3-11H2. The summed E-state index contributed by atoms with van der Waals surface area (Å²) in [6.45, 7) is 5.35. The van der Waals surface area contributed by atoms with Gasteiger partial charge in [-0.1, -0.05) is 12.5 Å². The van der Waals surface area contributed by atoms with Crippen LogP contribution in [-0.4, -0.2) is 19.0 Å². The van der Waals surface area contributed by atoms with Crippen LogP contribution in [-0.2, 0) is 9.47 Å². The average Bonchev–Trinajstić information content (AvgIpc) is 2.67. The number of ether oxygens (including phenoxy) is 2. The predicted octanol–water partition coefficient (Wildman–Crippen LogP) is 3.28. The Labute approximate surface area is 92.6 Å². The zero-order valence-electron chi connectivity index (χ0n) is 9.54. The van der Waals surface area contributed by atoms with E-state index in [2.05, 4.69) is 6.58 Å². The molecular weight excluding hydrogens is 188 g/mol. The molecule has 1 unspecified atom stereocenters. The Balaban J connectivity index is 1.78. The van der Waals surface area contributed by atoms with Crippen molar-refractivity contribution in [1.29, 1.82) is 0 Å². The maximum atomic E-state index is 5.78. The Kier molecular flexibility index (Phi) is 3.81. The van der Waals surface area contributed by atoms with Gasteiger partial charge in [0.1, 0.15) is 0 Å². The summed E-state index contributed by atoms with van der Waals surface area (Å²) >= 11 is 0. The lowest BCUT2D eigenvalue weighted by molar-refractivity contribution is -0.187. The molecule has 86 valence electrons. The van der Waals surface area contributed by atoms with E-state index in [0.29, 0.717) is 0 Å². The van der Waals surface area contributed by atoms with E-state index in [1.807, 2.05) is 6.08 Å². The summed E-state index contributed by atoms with van der Waals surface area (Å²) in [6.07, 6.45) is 10.6. The first-order valence-corrected chi connectivity index (χ1v) is 6.23. The number of hydrogen-bond donors (Lipinski definition) is 0. The van der Waals surface area contributed by atoms with E-state index in [1.54, 1.807) is 0 Å². The summed E-state index contributed by atoms with van der Waals surface area (Å²) in [5.74, 6) is 0.619. The third-order valence-electron chi connectivity index (χ3n) is 3.60. The normalized spacial score (nSPS) is 29.5. The van der Waals surface area contributed by atoms with Crippen LogP contribution in [0.5, 0.6) is 0 Å². The molecule has 0 amide bonds. The summed E-state index contributed by atoms with van der Waals surface area (Å²) in [7, 11) is 0. The first kappa shape index (κ1) is 11.2. The second kappa shape index (κ2) is 5.13. The van der Waals surface area contributed by atoms with Gasteiger partial charge in [0.15, 0.2) is 5.79 Å². The highest BCUT2D eigenvalue weighted by Crippen LogP contribution is 2.40. The van der Waals surface area contributed by atoms with Crippen molar-refractivity contribution in [3.8, 4) is 0 Å². The van der Waals surface area contributed by atoms with Gasteiger partial charge >= 0.3 is 0 Å². The van der Waals surface area contributed by atoms with E-state index in [9.17, 15) is 0 Å². The monoisotopic (exact) mass is 210 g/mol. The van der Waals surface area contributed by atoms with Crippen molar-refractivity contribution in [3.05, 3.63) is 12.7 Å². The quantitative estimate of drug-likeness (QED) is 0.523. The van der Waals surface area contributed by atoms with Crippen LogP contribution in [0.25, 0.3) is 0 Å². The highest BCUT2D eigenvalue weighted by Gasteiger charge is 2.40. The van der Waals surface area contributed by atoms with Gasteiger partial charge in [-0.15, -0.1) is 6.58 Å². The first-order valence-electron chi connectivity index (χ1n) is 6.23. The van der Waals surface area contributed by atoms with Gasteiger partial charge in [-0.3, -0.25) is 0 Å². The van der Waals surface area contributed by atoms with Gasteiger partial charge in [0.05, 0.1) is 13.2 Å². The maximum Gasteiger partial charge on any atom is 0.168 e. The van der Waals surface area contributed by atoms with E-state index in [1.165, 1.54) is 25.7 Å². The summed E-state index contributed by atoms with van der Waals surface area (Å²) in [5, 5.41) is 0. The molecule has 1 spiro atoms. The van der Waals surface area contributed by atoms with Crippen LogP contribution >= 0.6 is 0 Å². The van der Waals surface area contributed by atoms with E-state index in [0.717, 1.165) is 38.4 Å². The molecule has 1 atom stereocenters. The summed E-state index contributed by atoms with van der Waals surface area (Å²) in [4.78, 5) is 0. The molecular formula is C13H22O2. The molecule has 15 heavy (non-hydrogen) atoms. The predicted molar refractivity (Wildman–Crippen MR) is 60.6 cm³/mol. The fraction of sp³-hybridized carbons (Fsp3) is 0.846. The third kappa shape index (κ3) is 2.82. The van der Waals surface area contributed by atoms with Crippen LogP contribution in [0.2, 0.25) is 0 Å². The summed E-state index contributed by atoms with van der Waals surface area (Å²) < 4.78 is 11.6. The number of allylic oxidation sites excluding steroid dienone is 1. The molecule has 1 heterocycles. The van der Waals surface area contributed by atoms with Gasteiger partial charge in [-0.2, -0.15) is 0 Å². The van der Waals surface area contributed by atoms with Crippen molar-refractivity contribution in [2.45, 2.75) is 50.7 Å². The first-order chi connectivity index (χ1) is 7.35. The smallest absolute Gasteiger partial charge is 0.168 e. The van der Waals surface area contributed by atoms with Crippen LogP contribution in [0.15, 0.2) is 12.7 Å². The second-order valence-corrected chi connectivity index (χ2v) is 4.79. The molecule has 0 bridgehead atoms. The SMILES string of the molecule is C=CCCCC1CCCC2(C1)OCCO2. The maximum absolute atomic E-state index is 5.78. The molecule has 2 rings (SSSR count).